The number of aliphatic hydroxyl groups excluding tert-OH is 1. The highest BCUT2D eigenvalue weighted by Crippen LogP contribution is 2.45. The van der Waals surface area contributed by atoms with E-state index >= 15 is 0 Å². The van der Waals surface area contributed by atoms with Gasteiger partial charge in [-0.05, 0) is 42.0 Å². The zero-order chi connectivity index (χ0) is 23.7. The summed E-state index contributed by atoms with van der Waals surface area (Å²) in [5.74, 6) is -1.18. The second-order valence-corrected chi connectivity index (χ2v) is 8.52. The Hall–Kier alpha value is -3.80. The molecule has 0 aliphatic carbocycles. The number of hydrogen-bond acceptors (Lipinski definition) is 5. The molecule has 33 heavy (non-hydrogen) atoms. The first-order valence-electron chi connectivity index (χ1n) is 11.1. The monoisotopic (exact) mass is 445 g/mol. The third-order valence-corrected chi connectivity index (χ3v) is 5.73. The summed E-state index contributed by atoms with van der Waals surface area (Å²) in [7, 11) is 0. The molecule has 1 heterocycles. The van der Waals surface area contributed by atoms with Gasteiger partial charge >= 0.3 is 0 Å². The Morgan fingerprint density at radius 1 is 1.06 bits per heavy atom. The standard InChI is InChI=1S/C27H27NO5/c1-4-33-23-15-18(12-13-21(23)29)25-24(22(30)14-16(2)3)26(31)27(32)28(25)20-11-7-9-17-8-5-6-10-19(17)20/h5-13,15-16,25,29,31H,4,14H2,1-3H3. The number of Topliss-reactive ketones (excluding diaryl/α,β-unsaturated/α-hetero) is 1. The van der Waals surface area contributed by atoms with Gasteiger partial charge < -0.3 is 14.9 Å². The van der Waals surface area contributed by atoms with Crippen molar-refractivity contribution < 1.29 is 24.5 Å². The maximum atomic E-state index is 13.4. The van der Waals surface area contributed by atoms with Gasteiger partial charge in [0.15, 0.2) is 23.0 Å². The Bertz CT molecular complexity index is 1260. The van der Waals surface area contributed by atoms with Crippen LogP contribution in [-0.4, -0.2) is 28.5 Å². The van der Waals surface area contributed by atoms with E-state index in [2.05, 4.69) is 0 Å². The Morgan fingerprint density at radius 2 is 1.79 bits per heavy atom. The molecule has 1 aliphatic heterocycles. The Balaban J connectivity index is 1.93. The zero-order valence-electron chi connectivity index (χ0n) is 18.9. The number of fused-ring (bicyclic) bond motifs is 1. The van der Waals surface area contributed by atoms with Gasteiger partial charge in [-0.25, -0.2) is 0 Å². The lowest BCUT2D eigenvalue weighted by Crippen LogP contribution is -2.31. The van der Waals surface area contributed by atoms with E-state index in [4.69, 9.17) is 4.74 Å². The minimum atomic E-state index is -0.852. The number of ether oxygens (including phenoxy) is 1. The largest absolute Gasteiger partial charge is 0.504 e. The van der Waals surface area contributed by atoms with Crippen molar-refractivity contribution in [3.05, 3.63) is 77.6 Å². The molecule has 0 spiro atoms. The number of carbonyl (C=O) groups is 2. The van der Waals surface area contributed by atoms with Crippen LogP contribution in [-0.2, 0) is 9.59 Å². The molecule has 0 bridgehead atoms. The highest BCUT2D eigenvalue weighted by Gasteiger charge is 2.44. The van der Waals surface area contributed by atoms with Gasteiger partial charge in [0.25, 0.3) is 5.91 Å². The first kappa shape index (κ1) is 22.4. The van der Waals surface area contributed by atoms with Gasteiger partial charge in [0.2, 0.25) is 0 Å². The van der Waals surface area contributed by atoms with E-state index in [0.29, 0.717) is 17.9 Å². The first-order chi connectivity index (χ1) is 15.8. The Kier molecular flexibility index (Phi) is 6.09. The molecule has 6 nitrogen and oxygen atoms in total. The highest BCUT2D eigenvalue weighted by molar-refractivity contribution is 6.18. The third-order valence-electron chi connectivity index (χ3n) is 5.73. The minimum absolute atomic E-state index is 0.0371. The van der Waals surface area contributed by atoms with Crippen LogP contribution >= 0.6 is 0 Å². The molecule has 3 aromatic carbocycles. The van der Waals surface area contributed by atoms with Crippen molar-refractivity contribution in [2.24, 2.45) is 5.92 Å². The van der Waals surface area contributed by atoms with E-state index in [1.807, 2.05) is 50.2 Å². The van der Waals surface area contributed by atoms with E-state index in [-0.39, 0.29) is 35.2 Å². The van der Waals surface area contributed by atoms with Crippen molar-refractivity contribution in [1.29, 1.82) is 0 Å². The summed E-state index contributed by atoms with van der Waals surface area (Å²) in [6.45, 7) is 5.97. The van der Waals surface area contributed by atoms with Crippen LogP contribution in [0.4, 0.5) is 5.69 Å². The molecule has 6 heteroatoms. The smallest absolute Gasteiger partial charge is 0.294 e. The Labute approximate surface area is 192 Å². The normalized spacial score (nSPS) is 16.2. The number of amides is 1. The number of nitrogens with zero attached hydrogens (tertiary/aromatic N) is 1. The number of hydrogen-bond donors (Lipinski definition) is 2. The first-order valence-corrected chi connectivity index (χ1v) is 11.1. The summed E-state index contributed by atoms with van der Waals surface area (Å²) in [6, 6.07) is 17.1. The van der Waals surface area contributed by atoms with E-state index in [1.54, 1.807) is 25.1 Å². The topological polar surface area (TPSA) is 87.1 Å². The number of rotatable bonds is 7. The van der Waals surface area contributed by atoms with Crippen molar-refractivity contribution in [2.45, 2.75) is 33.2 Å². The van der Waals surface area contributed by atoms with Gasteiger partial charge in [0, 0.05) is 11.8 Å². The molecule has 4 rings (SSSR count). The fourth-order valence-electron chi connectivity index (χ4n) is 4.32. The van der Waals surface area contributed by atoms with Crippen molar-refractivity contribution in [2.75, 3.05) is 11.5 Å². The Morgan fingerprint density at radius 3 is 2.52 bits per heavy atom. The van der Waals surface area contributed by atoms with Crippen LogP contribution in [0.1, 0.15) is 38.8 Å². The van der Waals surface area contributed by atoms with Crippen molar-refractivity contribution in [3.8, 4) is 11.5 Å². The number of carbonyl (C=O) groups excluding carboxylic acids is 2. The number of phenolic OH excluding ortho intramolecular Hbond substituents is 1. The molecule has 1 atom stereocenters. The molecule has 0 radical (unpaired) electrons. The molecular weight excluding hydrogens is 418 g/mol. The molecule has 170 valence electrons. The van der Waals surface area contributed by atoms with Crippen molar-refractivity contribution in [3.63, 3.8) is 0 Å². The van der Waals surface area contributed by atoms with E-state index in [0.717, 1.165) is 10.8 Å². The lowest BCUT2D eigenvalue weighted by Gasteiger charge is -2.28. The fourth-order valence-corrected chi connectivity index (χ4v) is 4.32. The quantitative estimate of drug-likeness (QED) is 0.504. The summed E-state index contributed by atoms with van der Waals surface area (Å²) in [5, 5.41) is 22.8. The van der Waals surface area contributed by atoms with Crippen LogP contribution in [0.15, 0.2) is 72.0 Å². The van der Waals surface area contributed by atoms with Gasteiger partial charge in [-0.15, -0.1) is 0 Å². The molecule has 1 aliphatic rings. The molecule has 1 unspecified atom stereocenters. The van der Waals surface area contributed by atoms with E-state index in [9.17, 15) is 19.8 Å². The van der Waals surface area contributed by atoms with Gasteiger partial charge in [-0.2, -0.15) is 0 Å². The van der Waals surface area contributed by atoms with Crippen LogP contribution in [0, 0.1) is 5.92 Å². The number of anilines is 1. The van der Waals surface area contributed by atoms with Gasteiger partial charge in [-0.1, -0.05) is 56.3 Å². The van der Waals surface area contributed by atoms with Gasteiger partial charge in [0.1, 0.15) is 0 Å². The lowest BCUT2D eigenvalue weighted by molar-refractivity contribution is -0.118. The number of benzene rings is 3. The number of aliphatic hydroxyl groups is 1. The summed E-state index contributed by atoms with van der Waals surface area (Å²) >= 11 is 0. The van der Waals surface area contributed by atoms with Crippen LogP contribution in [0.5, 0.6) is 11.5 Å². The molecule has 0 saturated heterocycles. The summed E-state index contributed by atoms with van der Waals surface area (Å²) in [4.78, 5) is 28.1. The van der Waals surface area contributed by atoms with Crippen molar-refractivity contribution in [1.82, 2.24) is 0 Å². The van der Waals surface area contributed by atoms with Crippen LogP contribution in [0.3, 0.4) is 0 Å². The minimum Gasteiger partial charge on any atom is -0.504 e. The third kappa shape index (κ3) is 4.04. The van der Waals surface area contributed by atoms with Crippen molar-refractivity contribution >= 4 is 28.2 Å². The summed E-state index contributed by atoms with van der Waals surface area (Å²) in [5.41, 5.74) is 1.22. The predicted molar refractivity (Wildman–Crippen MR) is 128 cm³/mol. The SMILES string of the molecule is CCOc1cc(C2C(C(=O)CC(C)C)=C(O)C(=O)N2c2cccc3ccccc23)ccc1O. The van der Waals surface area contributed by atoms with Gasteiger partial charge in [0.05, 0.1) is 23.9 Å². The maximum Gasteiger partial charge on any atom is 0.294 e. The van der Waals surface area contributed by atoms with E-state index < -0.39 is 17.7 Å². The second kappa shape index (κ2) is 8.98. The summed E-state index contributed by atoms with van der Waals surface area (Å²) < 4.78 is 5.55. The van der Waals surface area contributed by atoms with Crippen LogP contribution in [0.25, 0.3) is 10.8 Å². The summed E-state index contributed by atoms with van der Waals surface area (Å²) in [6.07, 6.45) is 0.197. The number of aromatic hydroxyl groups is 1. The maximum absolute atomic E-state index is 13.4. The number of phenols is 1. The zero-order valence-corrected chi connectivity index (χ0v) is 18.9. The second-order valence-electron chi connectivity index (χ2n) is 8.52. The molecule has 1 amide bonds. The number of ketones is 1. The molecule has 0 saturated carbocycles. The van der Waals surface area contributed by atoms with Crippen LogP contribution in [0.2, 0.25) is 0 Å². The van der Waals surface area contributed by atoms with E-state index in [1.165, 1.54) is 11.0 Å². The average molecular weight is 446 g/mol. The van der Waals surface area contributed by atoms with Gasteiger partial charge in [-0.3, -0.25) is 14.5 Å². The van der Waals surface area contributed by atoms with Crippen LogP contribution < -0.4 is 9.64 Å². The predicted octanol–water partition coefficient (Wildman–Crippen LogP) is 5.46. The molecule has 3 aromatic rings. The molecule has 0 fully saturated rings. The molecule has 2 N–H and O–H groups in total. The molecule has 0 aromatic heterocycles. The fraction of sp³-hybridized carbons (Fsp3) is 0.259. The highest BCUT2D eigenvalue weighted by atomic mass is 16.5. The average Bonchev–Trinajstić information content (AvgIpc) is 3.05. The lowest BCUT2D eigenvalue weighted by atomic mass is 9.91. The molecular formula is C27H27NO5.